The van der Waals surface area contributed by atoms with E-state index in [4.69, 9.17) is 9.47 Å². The number of rotatable bonds is 4. The van der Waals surface area contributed by atoms with Crippen LogP contribution in [0.25, 0.3) is 0 Å². The molecule has 20 heavy (non-hydrogen) atoms. The van der Waals surface area contributed by atoms with Gasteiger partial charge in [0.15, 0.2) is 0 Å². The first kappa shape index (κ1) is 15.6. The van der Waals surface area contributed by atoms with Gasteiger partial charge in [-0.1, -0.05) is 0 Å². The Balaban J connectivity index is 1.73. The number of likely N-dealkylation sites (tertiary alicyclic amines) is 2. The third-order valence-electron chi connectivity index (χ3n) is 4.23. The second kappa shape index (κ2) is 7.84. The third-order valence-corrected chi connectivity index (χ3v) is 4.23. The van der Waals surface area contributed by atoms with Crippen molar-refractivity contribution in [2.45, 2.75) is 51.7 Å². The molecule has 0 radical (unpaired) electrons. The Labute approximate surface area is 122 Å². The maximum absolute atomic E-state index is 12.5. The zero-order chi connectivity index (χ0) is 14.4. The van der Waals surface area contributed by atoms with Gasteiger partial charge in [-0.05, 0) is 39.5 Å². The molecule has 0 aromatic carbocycles. The zero-order valence-electron chi connectivity index (χ0n) is 12.8. The van der Waals surface area contributed by atoms with E-state index in [1.165, 1.54) is 0 Å². The number of piperidine rings is 2. The Hall–Kier alpha value is -0.810. The summed E-state index contributed by atoms with van der Waals surface area (Å²) in [7, 11) is 0. The molecular weight excluding hydrogens is 256 g/mol. The second-order valence-electron chi connectivity index (χ2n) is 5.57. The summed E-state index contributed by atoms with van der Waals surface area (Å²) in [5.41, 5.74) is 0. The van der Waals surface area contributed by atoms with Gasteiger partial charge in [0.25, 0.3) is 0 Å². The highest BCUT2D eigenvalue weighted by Crippen LogP contribution is 2.19. The molecule has 0 spiro atoms. The largest absolute Gasteiger partial charge is 0.378 e. The Kier molecular flexibility index (Phi) is 6.10. The first-order valence-electron chi connectivity index (χ1n) is 8.01. The van der Waals surface area contributed by atoms with Gasteiger partial charge in [-0.3, -0.25) is 0 Å². The van der Waals surface area contributed by atoms with Crippen molar-refractivity contribution in [1.29, 1.82) is 0 Å². The second-order valence-corrected chi connectivity index (χ2v) is 5.57. The van der Waals surface area contributed by atoms with Crippen LogP contribution in [0.5, 0.6) is 0 Å². The molecule has 2 aliphatic heterocycles. The van der Waals surface area contributed by atoms with Gasteiger partial charge in [-0.25, -0.2) is 4.79 Å². The summed E-state index contributed by atoms with van der Waals surface area (Å²) in [6.07, 6.45) is 4.55. The first-order chi connectivity index (χ1) is 9.74. The van der Waals surface area contributed by atoms with Crippen molar-refractivity contribution >= 4 is 6.03 Å². The van der Waals surface area contributed by atoms with Crippen molar-refractivity contribution in [3.05, 3.63) is 0 Å². The maximum Gasteiger partial charge on any atom is 0.320 e. The van der Waals surface area contributed by atoms with Gasteiger partial charge in [0.1, 0.15) is 0 Å². The molecule has 0 atom stereocenters. The van der Waals surface area contributed by atoms with Crippen molar-refractivity contribution < 1.29 is 14.3 Å². The Morgan fingerprint density at radius 3 is 1.50 bits per heavy atom. The summed E-state index contributed by atoms with van der Waals surface area (Å²) >= 11 is 0. The molecule has 5 heteroatoms. The Morgan fingerprint density at radius 2 is 1.20 bits per heavy atom. The smallest absolute Gasteiger partial charge is 0.320 e. The predicted molar refractivity (Wildman–Crippen MR) is 77.8 cm³/mol. The topological polar surface area (TPSA) is 42.0 Å². The summed E-state index contributed by atoms with van der Waals surface area (Å²) in [5, 5.41) is 0. The van der Waals surface area contributed by atoms with Crippen LogP contribution in [0.2, 0.25) is 0 Å². The number of hydrogen-bond donors (Lipinski definition) is 0. The van der Waals surface area contributed by atoms with E-state index in [-0.39, 0.29) is 6.03 Å². The number of nitrogens with zero attached hydrogens (tertiary/aromatic N) is 2. The molecule has 0 saturated carbocycles. The fourth-order valence-corrected chi connectivity index (χ4v) is 3.10. The maximum atomic E-state index is 12.5. The number of ether oxygens (including phenoxy) is 2. The molecule has 0 bridgehead atoms. The van der Waals surface area contributed by atoms with Crippen LogP contribution < -0.4 is 0 Å². The number of urea groups is 1. The lowest BCUT2D eigenvalue weighted by molar-refractivity contribution is 0.00587. The van der Waals surface area contributed by atoms with Crippen LogP contribution in [0.15, 0.2) is 0 Å². The van der Waals surface area contributed by atoms with E-state index >= 15 is 0 Å². The van der Waals surface area contributed by atoms with E-state index in [1.807, 2.05) is 23.6 Å². The predicted octanol–water partition coefficient (Wildman–Crippen LogP) is 2.11. The van der Waals surface area contributed by atoms with Crippen LogP contribution in [0.3, 0.4) is 0 Å². The minimum absolute atomic E-state index is 0.204. The molecule has 5 nitrogen and oxygen atoms in total. The molecular formula is C15H28N2O3. The fourth-order valence-electron chi connectivity index (χ4n) is 3.10. The van der Waals surface area contributed by atoms with E-state index in [1.54, 1.807) is 0 Å². The summed E-state index contributed by atoms with van der Waals surface area (Å²) in [4.78, 5) is 16.4. The quantitative estimate of drug-likeness (QED) is 0.794. The number of amides is 2. The molecule has 0 aromatic rings. The summed E-state index contributed by atoms with van der Waals surface area (Å²) in [6.45, 7) is 8.90. The van der Waals surface area contributed by atoms with Crippen molar-refractivity contribution in [2.24, 2.45) is 0 Å². The van der Waals surface area contributed by atoms with E-state index in [2.05, 4.69) is 0 Å². The van der Waals surface area contributed by atoms with Gasteiger partial charge in [0, 0.05) is 39.4 Å². The summed E-state index contributed by atoms with van der Waals surface area (Å²) < 4.78 is 11.3. The van der Waals surface area contributed by atoms with Crippen molar-refractivity contribution in [1.82, 2.24) is 9.80 Å². The van der Waals surface area contributed by atoms with Gasteiger partial charge >= 0.3 is 6.03 Å². The van der Waals surface area contributed by atoms with Gasteiger partial charge < -0.3 is 19.3 Å². The number of carbonyl (C=O) groups excluding carboxylic acids is 1. The average Bonchev–Trinajstić information content (AvgIpc) is 2.49. The van der Waals surface area contributed by atoms with E-state index in [0.717, 1.165) is 65.1 Å². The summed E-state index contributed by atoms with van der Waals surface area (Å²) in [5.74, 6) is 0. The minimum atomic E-state index is 0.204. The van der Waals surface area contributed by atoms with Crippen molar-refractivity contribution in [3.8, 4) is 0 Å². The normalized spacial score (nSPS) is 22.3. The Bertz CT molecular complexity index is 267. The molecule has 2 aliphatic rings. The van der Waals surface area contributed by atoms with E-state index < -0.39 is 0 Å². The molecule has 2 saturated heterocycles. The van der Waals surface area contributed by atoms with Crippen molar-refractivity contribution in [2.75, 3.05) is 39.4 Å². The number of hydrogen-bond acceptors (Lipinski definition) is 3. The summed E-state index contributed by atoms with van der Waals surface area (Å²) in [6, 6.07) is 0.204. The van der Waals surface area contributed by atoms with Crippen LogP contribution in [-0.2, 0) is 9.47 Å². The number of carbonyl (C=O) groups is 1. The van der Waals surface area contributed by atoms with Crippen LogP contribution >= 0.6 is 0 Å². The monoisotopic (exact) mass is 284 g/mol. The lowest BCUT2D eigenvalue weighted by atomic mass is 10.1. The van der Waals surface area contributed by atoms with Crippen LogP contribution in [0.4, 0.5) is 4.79 Å². The molecule has 2 rings (SSSR count). The highest BCUT2D eigenvalue weighted by Gasteiger charge is 2.29. The van der Waals surface area contributed by atoms with Crippen LogP contribution in [-0.4, -0.2) is 67.4 Å². The molecule has 0 aromatic heterocycles. The molecule has 116 valence electrons. The highest BCUT2D eigenvalue weighted by atomic mass is 16.5. The molecule has 2 fully saturated rings. The van der Waals surface area contributed by atoms with E-state index in [9.17, 15) is 4.79 Å². The molecule has 0 N–H and O–H groups in total. The van der Waals surface area contributed by atoms with Gasteiger partial charge in [-0.15, -0.1) is 0 Å². The SMILES string of the molecule is CCOC1CCN(C(=O)N2CCC(OCC)CC2)CC1. The third kappa shape index (κ3) is 4.09. The van der Waals surface area contributed by atoms with Crippen LogP contribution in [0, 0.1) is 0 Å². The molecule has 2 heterocycles. The molecule has 0 aliphatic carbocycles. The lowest BCUT2D eigenvalue weighted by Gasteiger charge is -2.38. The lowest BCUT2D eigenvalue weighted by Crippen LogP contribution is -2.50. The van der Waals surface area contributed by atoms with Gasteiger partial charge in [0.2, 0.25) is 0 Å². The fraction of sp³-hybridized carbons (Fsp3) is 0.933. The standard InChI is InChI=1S/C15H28N2O3/c1-3-19-13-5-9-16(10-6-13)15(18)17-11-7-14(8-12-17)20-4-2/h13-14H,3-12H2,1-2H3. The van der Waals surface area contributed by atoms with Gasteiger partial charge in [0.05, 0.1) is 12.2 Å². The van der Waals surface area contributed by atoms with Crippen molar-refractivity contribution in [3.63, 3.8) is 0 Å². The Morgan fingerprint density at radius 1 is 0.850 bits per heavy atom. The molecule has 0 unspecified atom stereocenters. The zero-order valence-corrected chi connectivity index (χ0v) is 12.8. The first-order valence-corrected chi connectivity index (χ1v) is 8.01. The van der Waals surface area contributed by atoms with Crippen LogP contribution in [0.1, 0.15) is 39.5 Å². The van der Waals surface area contributed by atoms with Gasteiger partial charge in [-0.2, -0.15) is 0 Å². The van der Waals surface area contributed by atoms with E-state index in [0.29, 0.717) is 12.2 Å². The average molecular weight is 284 g/mol. The molecule has 2 amide bonds. The minimum Gasteiger partial charge on any atom is -0.378 e. The highest BCUT2D eigenvalue weighted by molar-refractivity contribution is 5.74.